The van der Waals surface area contributed by atoms with Crippen molar-refractivity contribution in [2.75, 3.05) is 12.4 Å². The van der Waals surface area contributed by atoms with Crippen molar-refractivity contribution < 1.29 is 9.53 Å². The van der Waals surface area contributed by atoms with Crippen LogP contribution in [0.3, 0.4) is 0 Å². The molecule has 0 aliphatic heterocycles. The van der Waals surface area contributed by atoms with Crippen molar-refractivity contribution in [3.05, 3.63) is 64.5 Å². The van der Waals surface area contributed by atoms with E-state index in [0.717, 1.165) is 16.3 Å². The Bertz CT molecular complexity index is 825. The molecule has 1 aromatic heterocycles. The molecular formula is C18H16N2O2S. The van der Waals surface area contributed by atoms with Crippen LogP contribution in [-0.2, 0) is 0 Å². The molecule has 0 fully saturated rings. The molecule has 0 saturated heterocycles. The van der Waals surface area contributed by atoms with E-state index in [2.05, 4.69) is 10.3 Å². The van der Waals surface area contributed by atoms with E-state index >= 15 is 0 Å². The molecule has 5 heteroatoms. The van der Waals surface area contributed by atoms with E-state index in [1.165, 1.54) is 0 Å². The number of hydrogen-bond acceptors (Lipinski definition) is 4. The highest BCUT2D eigenvalue weighted by Gasteiger charge is 2.10. The van der Waals surface area contributed by atoms with E-state index in [1.54, 1.807) is 30.6 Å². The van der Waals surface area contributed by atoms with Crippen molar-refractivity contribution in [3.63, 3.8) is 0 Å². The monoisotopic (exact) mass is 324 g/mol. The van der Waals surface area contributed by atoms with Crippen LogP contribution in [0.15, 0.2) is 53.9 Å². The fourth-order valence-electron chi connectivity index (χ4n) is 2.23. The fraction of sp³-hybridized carbons (Fsp3) is 0.111. The molecule has 0 bridgehead atoms. The molecule has 0 aliphatic rings. The van der Waals surface area contributed by atoms with Crippen molar-refractivity contribution in [3.8, 4) is 17.0 Å². The van der Waals surface area contributed by atoms with Gasteiger partial charge in [0, 0.05) is 16.5 Å². The van der Waals surface area contributed by atoms with Crippen molar-refractivity contribution in [2.24, 2.45) is 0 Å². The van der Waals surface area contributed by atoms with Gasteiger partial charge in [0.05, 0.1) is 23.5 Å². The van der Waals surface area contributed by atoms with Crippen LogP contribution in [0.4, 0.5) is 5.69 Å². The average molecular weight is 324 g/mol. The molecule has 0 atom stereocenters. The van der Waals surface area contributed by atoms with Crippen LogP contribution < -0.4 is 10.1 Å². The average Bonchev–Trinajstić information content (AvgIpc) is 3.02. The second kappa shape index (κ2) is 6.62. The minimum absolute atomic E-state index is 0.171. The molecule has 0 aliphatic carbocycles. The third-order valence-electron chi connectivity index (χ3n) is 3.42. The maximum Gasteiger partial charge on any atom is 0.255 e. The minimum atomic E-state index is -0.171. The van der Waals surface area contributed by atoms with Gasteiger partial charge in [-0.3, -0.25) is 4.79 Å². The Hall–Kier alpha value is -2.66. The van der Waals surface area contributed by atoms with Crippen molar-refractivity contribution >= 4 is 22.9 Å². The number of aromatic nitrogens is 1. The van der Waals surface area contributed by atoms with Gasteiger partial charge in [-0.15, -0.1) is 11.3 Å². The lowest BCUT2D eigenvalue weighted by Crippen LogP contribution is -2.12. The lowest BCUT2D eigenvalue weighted by Gasteiger charge is -2.10. The summed E-state index contributed by atoms with van der Waals surface area (Å²) >= 11 is 1.61. The van der Waals surface area contributed by atoms with Gasteiger partial charge in [-0.1, -0.05) is 24.3 Å². The number of carbonyl (C=O) groups excluding carboxylic acids is 1. The van der Waals surface area contributed by atoms with Crippen LogP contribution >= 0.6 is 11.3 Å². The number of carbonyl (C=O) groups is 1. The first-order valence-corrected chi connectivity index (χ1v) is 8.02. The Morgan fingerprint density at radius 1 is 1.13 bits per heavy atom. The molecule has 116 valence electrons. The molecule has 2 aromatic carbocycles. The standard InChI is InChI=1S/C18H16N2O2S/c1-12-19-16(11-23-12)13-7-9-14(10-8-13)18(21)20-15-5-3-4-6-17(15)22-2/h3-11H,1-2H3,(H,20,21). The third-order valence-corrected chi connectivity index (χ3v) is 4.19. The highest BCUT2D eigenvalue weighted by atomic mass is 32.1. The summed E-state index contributed by atoms with van der Waals surface area (Å²) in [6.45, 7) is 1.98. The van der Waals surface area contributed by atoms with E-state index in [9.17, 15) is 4.79 Å². The van der Waals surface area contributed by atoms with E-state index in [-0.39, 0.29) is 5.91 Å². The van der Waals surface area contributed by atoms with E-state index < -0.39 is 0 Å². The van der Waals surface area contributed by atoms with E-state index in [1.807, 2.05) is 48.7 Å². The molecular weight excluding hydrogens is 308 g/mol. The fourth-order valence-corrected chi connectivity index (χ4v) is 2.85. The lowest BCUT2D eigenvalue weighted by atomic mass is 10.1. The quantitative estimate of drug-likeness (QED) is 0.775. The predicted molar refractivity (Wildman–Crippen MR) is 93.2 cm³/mol. The van der Waals surface area contributed by atoms with Gasteiger partial charge in [0.1, 0.15) is 5.75 Å². The van der Waals surface area contributed by atoms with Crippen LogP contribution in [-0.4, -0.2) is 18.0 Å². The molecule has 1 amide bonds. The third kappa shape index (κ3) is 3.40. The van der Waals surface area contributed by atoms with Gasteiger partial charge in [-0.2, -0.15) is 0 Å². The first-order chi connectivity index (χ1) is 11.2. The number of hydrogen-bond donors (Lipinski definition) is 1. The van der Waals surface area contributed by atoms with Crippen LogP contribution in [0, 0.1) is 6.92 Å². The molecule has 0 radical (unpaired) electrons. The van der Waals surface area contributed by atoms with E-state index in [4.69, 9.17) is 4.74 Å². The van der Waals surface area contributed by atoms with Crippen LogP contribution in [0.1, 0.15) is 15.4 Å². The van der Waals surface area contributed by atoms with Gasteiger partial charge in [0.15, 0.2) is 0 Å². The zero-order valence-corrected chi connectivity index (χ0v) is 13.7. The zero-order valence-electron chi connectivity index (χ0n) is 12.9. The first kappa shape index (κ1) is 15.2. The number of anilines is 1. The number of para-hydroxylation sites is 2. The molecule has 3 aromatic rings. The zero-order chi connectivity index (χ0) is 16.2. The number of methoxy groups -OCH3 is 1. The van der Waals surface area contributed by atoms with Crippen LogP contribution in [0.5, 0.6) is 5.75 Å². The maximum absolute atomic E-state index is 12.4. The highest BCUT2D eigenvalue weighted by Crippen LogP contribution is 2.25. The van der Waals surface area contributed by atoms with Crippen molar-refractivity contribution in [1.82, 2.24) is 4.98 Å². The Morgan fingerprint density at radius 3 is 2.52 bits per heavy atom. The topological polar surface area (TPSA) is 51.2 Å². The Kier molecular flexibility index (Phi) is 4.39. The molecule has 0 unspecified atom stereocenters. The molecule has 0 saturated carbocycles. The van der Waals surface area contributed by atoms with E-state index in [0.29, 0.717) is 17.0 Å². The minimum Gasteiger partial charge on any atom is -0.495 e. The summed E-state index contributed by atoms with van der Waals surface area (Å²) in [7, 11) is 1.58. The molecule has 1 heterocycles. The molecule has 1 N–H and O–H groups in total. The van der Waals surface area contributed by atoms with Gasteiger partial charge in [-0.05, 0) is 31.2 Å². The largest absolute Gasteiger partial charge is 0.495 e. The summed E-state index contributed by atoms with van der Waals surface area (Å²) in [5.74, 6) is 0.464. The number of thiazole rings is 1. The van der Waals surface area contributed by atoms with Crippen molar-refractivity contribution in [2.45, 2.75) is 6.92 Å². The van der Waals surface area contributed by atoms with Gasteiger partial charge in [0.2, 0.25) is 0 Å². The first-order valence-electron chi connectivity index (χ1n) is 7.14. The summed E-state index contributed by atoms with van der Waals surface area (Å²) < 4.78 is 5.24. The highest BCUT2D eigenvalue weighted by molar-refractivity contribution is 7.09. The van der Waals surface area contributed by atoms with Crippen LogP contribution in [0.2, 0.25) is 0 Å². The summed E-state index contributed by atoms with van der Waals surface area (Å²) in [6, 6.07) is 14.7. The maximum atomic E-state index is 12.4. The lowest BCUT2D eigenvalue weighted by molar-refractivity contribution is 0.102. The van der Waals surface area contributed by atoms with Crippen molar-refractivity contribution in [1.29, 1.82) is 0 Å². The number of rotatable bonds is 4. The van der Waals surface area contributed by atoms with Crippen LogP contribution in [0.25, 0.3) is 11.3 Å². The Balaban J connectivity index is 1.78. The SMILES string of the molecule is COc1ccccc1NC(=O)c1ccc(-c2csc(C)n2)cc1. The molecule has 3 rings (SSSR count). The van der Waals surface area contributed by atoms with Gasteiger partial charge in [0.25, 0.3) is 5.91 Å². The van der Waals surface area contributed by atoms with Gasteiger partial charge >= 0.3 is 0 Å². The summed E-state index contributed by atoms with van der Waals surface area (Å²) in [5.41, 5.74) is 3.18. The summed E-state index contributed by atoms with van der Waals surface area (Å²) in [4.78, 5) is 16.8. The number of ether oxygens (including phenoxy) is 1. The summed E-state index contributed by atoms with van der Waals surface area (Å²) in [5, 5.41) is 5.90. The van der Waals surface area contributed by atoms with Gasteiger partial charge < -0.3 is 10.1 Å². The predicted octanol–water partition coefficient (Wildman–Crippen LogP) is 4.38. The Labute approximate surface area is 138 Å². The smallest absolute Gasteiger partial charge is 0.255 e. The molecule has 23 heavy (non-hydrogen) atoms. The second-order valence-electron chi connectivity index (χ2n) is 4.98. The number of nitrogens with zero attached hydrogens (tertiary/aromatic N) is 1. The number of amides is 1. The van der Waals surface area contributed by atoms with Gasteiger partial charge in [-0.25, -0.2) is 4.98 Å². The number of nitrogens with one attached hydrogen (secondary N) is 1. The number of aryl methyl sites for hydroxylation is 1. The number of benzene rings is 2. The molecule has 0 spiro atoms. The Morgan fingerprint density at radius 2 is 1.87 bits per heavy atom. The normalized spacial score (nSPS) is 10.3. The summed E-state index contributed by atoms with van der Waals surface area (Å²) in [6.07, 6.45) is 0. The molecule has 4 nitrogen and oxygen atoms in total. The second-order valence-corrected chi connectivity index (χ2v) is 6.05.